The lowest BCUT2D eigenvalue weighted by Gasteiger charge is -2.21. The first-order valence-electron chi connectivity index (χ1n) is 11.5. The third kappa shape index (κ3) is 4.51. The van der Waals surface area contributed by atoms with Crippen LogP contribution in [0.4, 0.5) is 26.3 Å². The Morgan fingerprint density at radius 1 is 0.421 bits per heavy atom. The predicted octanol–water partition coefficient (Wildman–Crippen LogP) is 9.38. The van der Waals surface area contributed by atoms with Crippen LogP contribution in [0, 0.1) is 0 Å². The van der Waals surface area contributed by atoms with Crippen LogP contribution >= 0.6 is 0 Å². The van der Waals surface area contributed by atoms with E-state index in [1.807, 2.05) is 0 Å². The molecule has 194 valence electrons. The van der Waals surface area contributed by atoms with E-state index in [2.05, 4.69) is 0 Å². The van der Waals surface area contributed by atoms with Crippen molar-refractivity contribution in [2.24, 2.45) is 0 Å². The minimum atomic E-state index is -4.90. The van der Waals surface area contributed by atoms with E-state index < -0.39 is 45.0 Å². The SMILES string of the molecule is COc1ccc(-c2ccc3c(C(F)(F)F)c4cc(-c5ccc(OC)cc5)ccc4c(C(F)(F)F)c3c2)cc1. The Bertz CT molecular complexity index is 1510. The normalized spacial score (nSPS) is 12.2. The first kappa shape index (κ1) is 25.4. The smallest absolute Gasteiger partial charge is 0.417 e. The number of ether oxygens (including phenoxy) is 2. The van der Waals surface area contributed by atoms with Gasteiger partial charge in [0, 0.05) is 0 Å². The number of rotatable bonds is 4. The number of benzene rings is 5. The fourth-order valence-electron chi connectivity index (χ4n) is 4.77. The number of alkyl halides is 6. The molecular weight excluding hydrogens is 506 g/mol. The van der Waals surface area contributed by atoms with E-state index in [1.165, 1.54) is 38.5 Å². The van der Waals surface area contributed by atoms with Gasteiger partial charge >= 0.3 is 12.4 Å². The Kier molecular flexibility index (Phi) is 6.21. The Labute approximate surface area is 214 Å². The lowest BCUT2D eigenvalue weighted by Crippen LogP contribution is -2.13. The maximum absolute atomic E-state index is 14.5. The maximum atomic E-state index is 14.5. The molecule has 0 saturated heterocycles. The van der Waals surface area contributed by atoms with Gasteiger partial charge in [-0.25, -0.2) is 0 Å². The molecule has 2 nitrogen and oxygen atoms in total. The molecule has 0 unspecified atom stereocenters. The van der Waals surface area contributed by atoms with Crippen molar-refractivity contribution in [1.82, 2.24) is 0 Å². The molecule has 0 aliphatic rings. The van der Waals surface area contributed by atoms with Crippen molar-refractivity contribution in [3.05, 3.63) is 96.1 Å². The van der Waals surface area contributed by atoms with Crippen LogP contribution < -0.4 is 9.47 Å². The summed E-state index contributed by atoms with van der Waals surface area (Å²) in [5, 5.41) is -2.05. The molecule has 0 saturated carbocycles. The largest absolute Gasteiger partial charge is 0.497 e. The first-order chi connectivity index (χ1) is 18.0. The molecule has 0 heterocycles. The number of hydrogen-bond acceptors (Lipinski definition) is 2. The Hall–Kier alpha value is -4.20. The van der Waals surface area contributed by atoms with Gasteiger partial charge in [-0.1, -0.05) is 48.5 Å². The monoisotopic (exact) mass is 526 g/mol. The van der Waals surface area contributed by atoms with Crippen molar-refractivity contribution in [2.75, 3.05) is 14.2 Å². The summed E-state index contributed by atoms with van der Waals surface area (Å²) in [6, 6.07) is 20.5. The topological polar surface area (TPSA) is 18.5 Å². The van der Waals surface area contributed by atoms with Crippen LogP contribution in [-0.2, 0) is 12.4 Å². The van der Waals surface area contributed by atoms with Crippen molar-refractivity contribution >= 4 is 21.5 Å². The van der Waals surface area contributed by atoms with E-state index in [0.29, 0.717) is 33.8 Å². The van der Waals surface area contributed by atoms with Crippen molar-refractivity contribution in [1.29, 1.82) is 0 Å². The van der Waals surface area contributed by atoms with E-state index in [0.717, 1.165) is 12.1 Å². The first-order valence-corrected chi connectivity index (χ1v) is 11.5. The molecule has 0 aliphatic carbocycles. The quantitative estimate of drug-likeness (QED) is 0.172. The molecule has 0 bridgehead atoms. The van der Waals surface area contributed by atoms with Crippen LogP contribution in [0.3, 0.4) is 0 Å². The van der Waals surface area contributed by atoms with Crippen molar-refractivity contribution in [3.63, 3.8) is 0 Å². The van der Waals surface area contributed by atoms with Gasteiger partial charge in [0.25, 0.3) is 0 Å². The molecule has 5 aromatic rings. The van der Waals surface area contributed by atoms with Crippen LogP contribution in [0.15, 0.2) is 84.9 Å². The molecule has 0 amide bonds. The zero-order chi connectivity index (χ0) is 27.2. The summed E-state index contributed by atoms with van der Waals surface area (Å²) < 4.78 is 97.3. The van der Waals surface area contributed by atoms with Crippen LogP contribution in [0.5, 0.6) is 11.5 Å². The Morgan fingerprint density at radius 2 is 0.737 bits per heavy atom. The molecule has 0 N–H and O–H groups in total. The third-order valence-corrected chi connectivity index (χ3v) is 6.53. The van der Waals surface area contributed by atoms with Crippen LogP contribution in [0.2, 0.25) is 0 Å². The van der Waals surface area contributed by atoms with E-state index >= 15 is 0 Å². The van der Waals surface area contributed by atoms with Gasteiger partial charge in [-0.05, 0) is 80.2 Å². The van der Waals surface area contributed by atoms with Crippen LogP contribution in [0.25, 0.3) is 43.8 Å². The molecule has 0 aromatic heterocycles. The minimum Gasteiger partial charge on any atom is -0.497 e. The molecule has 0 atom stereocenters. The van der Waals surface area contributed by atoms with Crippen LogP contribution in [0.1, 0.15) is 11.1 Å². The number of halogens is 6. The Balaban J connectivity index is 1.84. The lowest BCUT2D eigenvalue weighted by molar-refractivity contribution is -0.137. The second kappa shape index (κ2) is 9.28. The Morgan fingerprint density at radius 3 is 1.03 bits per heavy atom. The molecule has 0 aliphatic heterocycles. The van der Waals surface area contributed by atoms with E-state index in [4.69, 9.17) is 9.47 Å². The average molecular weight is 526 g/mol. The van der Waals surface area contributed by atoms with Gasteiger partial charge < -0.3 is 9.47 Å². The summed E-state index contributed by atoms with van der Waals surface area (Å²) in [6.45, 7) is 0. The summed E-state index contributed by atoms with van der Waals surface area (Å²) in [4.78, 5) is 0. The highest BCUT2D eigenvalue weighted by molar-refractivity contribution is 6.08. The van der Waals surface area contributed by atoms with Crippen molar-refractivity contribution in [3.8, 4) is 33.8 Å². The summed E-state index contributed by atoms with van der Waals surface area (Å²) in [5.41, 5.74) is -0.408. The molecule has 5 rings (SSSR count). The summed E-state index contributed by atoms with van der Waals surface area (Å²) in [7, 11) is 2.95. The highest BCUT2D eigenvalue weighted by Crippen LogP contribution is 2.48. The van der Waals surface area contributed by atoms with Gasteiger partial charge in [-0.3, -0.25) is 0 Å². The fraction of sp³-hybridized carbons (Fsp3) is 0.133. The van der Waals surface area contributed by atoms with Gasteiger partial charge in [-0.15, -0.1) is 0 Å². The lowest BCUT2D eigenvalue weighted by atomic mass is 9.87. The zero-order valence-corrected chi connectivity index (χ0v) is 20.2. The molecule has 8 heteroatoms. The number of fused-ring (bicyclic) bond motifs is 2. The van der Waals surface area contributed by atoms with Gasteiger partial charge in [0.15, 0.2) is 0 Å². The van der Waals surface area contributed by atoms with E-state index in [-0.39, 0.29) is 0 Å². The second-order valence-electron chi connectivity index (χ2n) is 8.72. The summed E-state index contributed by atoms with van der Waals surface area (Å²) in [6.07, 6.45) is -9.80. The molecule has 0 radical (unpaired) electrons. The molecule has 38 heavy (non-hydrogen) atoms. The van der Waals surface area contributed by atoms with Gasteiger partial charge in [0.2, 0.25) is 0 Å². The summed E-state index contributed by atoms with van der Waals surface area (Å²) in [5.74, 6) is 1.09. The number of methoxy groups -OCH3 is 2. The zero-order valence-electron chi connectivity index (χ0n) is 20.2. The summed E-state index contributed by atoms with van der Waals surface area (Å²) >= 11 is 0. The molecule has 0 spiro atoms. The molecular formula is C30H20F6O2. The van der Waals surface area contributed by atoms with E-state index in [1.54, 1.807) is 48.5 Å². The number of hydrogen-bond donors (Lipinski definition) is 0. The fourth-order valence-corrected chi connectivity index (χ4v) is 4.77. The van der Waals surface area contributed by atoms with Crippen LogP contribution in [-0.4, -0.2) is 14.2 Å². The van der Waals surface area contributed by atoms with Gasteiger partial charge in [-0.2, -0.15) is 26.3 Å². The minimum absolute atomic E-state index is 0.355. The molecule has 5 aromatic carbocycles. The highest BCUT2D eigenvalue weighted by Gasteiger charge is 2.41. The van der Waals surface area contributed by atoms with E-state index in [9.17, 15) is 26.3 Å². The van der Waals surface area contributed by atoms with Gasteiger partial charge in [0.05, 0.1) is 25.3 Å². The highest BCUT2D eigenvalue weighted by atomic mass is 19.4. The standard InChI is InChI=1S/C30H20F6O2/c1-37-21-9-3-17(4-10-21)19-7-13-23-25(15-19)27(29(31,32)33)24-14-8-20(16-26(24)28(23)30(34,35)36)18-5-11-22(38-2)12-6-18/h3-16H,1-2H3. The van der Waals surface area contributed by atoms with Crippen molar-refractivity contribution in [2.45, 2.75) is 12.4 Å². The maximum Gasteiger partial charge on any atom is 0.417 e. The van der Waals surface area contributed by atoms with Crippen molar-refractivity contribution < 1.29 is 35.8 Å². The predicted molar refractivity (Wildman–Crippen MR) is 135 cm³/mol. The third-order valence-electron chi connectivity index (χ3n) is 6.53. The molecule has 0 fully saturated rings. The van der Waals surface area contributed by atoms with Gasteiger partial charge in [0.1, 0.15) is 11.5 Å². The second-order valence-corrected chi connectivity index (χ2v) is 8.72. The average Bonchev–Trinajstić information content (AvgIpc) is 2.89.